The second-order valence-corrected chi connectivity index (χ2v) is 4.95. The largest absolute Gasteiger partial charge is 0.508 e. The summed E-state index contributed by atoms with van der Waals surface area (Å²) < 4.78 is 5.69. The van der Waals surface area contributed by atoms with Gasteiger partial charge in [0.1, 0.15) is 17.1 Å². The van der Waals surface area contributed by atoms with Gasteiger partial charge in [-0.25, -0.2) is 0 Å². The number of rotatable bonds is 2. The summed E-state index contributed by atoms with van der Waals surface area (Å²) in [6, 6.07) is 13.0. The van der Waals surface area contributed by atoms with Crippen molar-refractivity contribution in [3.05, 3.63) is 64.3 Å². The molecule has 0 fully saturated rings. The van der Waals surface area contributed by atoms with E-state index >= 15 is 0 Å². The summed E-state index contributed by atoms with van der Waals surface area (Å²) in [5.41, 5.74) is 1.71. The van der Waals surface area contributed by atoms with Gasteiger partial charge in [-0.05, 0) is 24.6 Å². The first-order chi connectivity index (χ1) is 10.0. The molecule has 0 aliphatic heterocycles. The van der Waals surface area contributed by atoms with Crippen molar-refractivity contribution in [2.45, 2.75) is 13.0 Å². The smallest absolute Gasteiger partial charge is 0.193 e. The normalized spacial score (nSPS) is 12.5. The molecule has 1 atom stereocenters. The monoisotopic (exact) mass is 282 g/mol. The van der Waals surface area contributed by atoms with Crippen LogP contribution in [0.4, 0.5) is 0 Å². The average molecular weight is 282 g/mol. The van der Waals surface area contributed by atoms with Gasteiger partial charge < -0.3 is 14.6 Å². The van der Waals surface area contributed by atoms with Gasteiger partial charge in [0.2, 0.25) is 0 Å². The van der Waals surface area contributed by atoms with Crippen molar-refractivity contribution in [2.24, 2.45) is 0 Å². The lowest BCUT2D eigenvalue weighted by atomic mass is 10.1. The van der Waals surface area contributed by atoms with Crippen LogP contribution in [0, 0.1) is 0 Å². The van der Waals surface area contributed by atoms with Crippen LogP contribution in [-0.4, -0.2) is 10.2 Å². The predicted molar refractivity (Wildman–Crippen MR) is 80.2 cm³/mol. The number of fused-ring (bicyclic) bond motifs is 1. The predicted octanol–water partition coefficient (Wildman–Crippen LogP) is 3.22. The van der Waals surface area contributed by atoms with Crippen LogP contribution in [0.3, 0.4) is 0 Å². The van der Waals surface area contributed by atoms with Crippen molar-refractivity contribution in [2.75, 3.05) is 0 Å². The number of aliphatic hydroxyl groups excluding tert-OH is 1. The molecular formula is C17H14O4. The van der Waals surface area contributed by atoms with Crippen LogP contribution >= 0.6 is 0 Å². The molecule has 4 nitrogen and oxygen atoms in total. The maximum Gasteiger partial charge on any atom is 0.193 e. The number of aromatic hydroxyl groups is 1. The highest BCUT2D eigenvalue weighted by molar-refractivity contribution is 5.79. The lowest BCUT2D eigenvalue weighted by molar-refractivity contribution is 0.199. The van der Waals surface area contributed by atoms with Gasteiger partial charge in [-0.1, -0.05) is 24.3 Å². The molecule has 2 N–H and O–H groups in total. The maximum atomic E-state index is 12.1. The van der Waals surface area contributed by atoms with Crippen LogP contribution in [0.15, 0.2) is 57.7 Å². The fourth-order valence-electron chi connectivity index (χ4n) is 2.21. The first-order valence-corrected chi connectivity index (χ1v) is 6.60. The van der Waals surface area contributed by atoms with Gasteiger partial charge in [0.15, 0.2) is 5.43 Å². The Hall–Kier alpha value is -2.59. The summed E-state index contributed by atoms with van der Waals surface area (Å²) in [5, 5.41) is 19.4. The Balaban J connectivity index is 2.14. The molecule has 2 aromatic carbocycles. The summed E-state index contributed by atoms with van der Waals surface area (Å²) in [6.45, 7) is 1.69. The van der Waals surface area contributed by atoms with Crippen molar-refractivity contribution in [3.63, 3.8) is 0 Å². The van der Waals surface area contributed by atoms with E-state index in [4.69, 9.17) is 4.42 Å². The van der Waals surface area contributed by atoms with Crippen molar-refractivity contribution in [3.8, 4) is 17.1 Å². The summed E-state index contributed by atoms with van der Waals surface area (Å²) in [7, 11) is 0. The van der Waals surface area contributed by atoms with E-state index in [1.54, 1.807) is 31.2 Å². The molecule has 3 rings (SSSR count). The summed E-state index contributed by atoms with van der Waals surface area (Å²) in [6.07, 6.45) is -0.542. The van der Waals surface area contributed by atoms with Crippen molar-refractivity contribution in [1.82, 2.24) is 0 Å². The van der Waals surface area contributed by atoms with Crippen LogP contribution in [-0.2, 0) is 0 Å². The molecule has 0 saturated carbocycles. The first-order valence-electron chi connectivity index (χ1n) is 6.60. The van der Waals surface area contributed by atoms with Crippen LogP contribution in [0.5, 0.6) is 5.75 Å². The highest BCUT2D eigenvalue weighted by Gasteiger charge is 2.08. The van der Waals surface area contributed by atoms with Gasteiger partial charge in [-0.2, -0.15) is 0 Å². The van der Waals surface area contributed by atoms with Gasteiger partial charge in [-0.3, -0.25) is 4.79 Å². The number of hydrogen-bond acceptors (Lipinski definition) is 4. The van der Waals surface area contributed by atoms with Crippen molar-refractivity contribution in [1.29, 1.82) is 0 Å². The standard InChI is InChI=1S/C17H14O4/c1-10(18)11-2-4-12(5-3-11)16-9-15(20)14-7-6-13(19)8-17(14)21-16/h2-10,18-19H,1H3. The Morgan fingerprint density at radius 2 is 1.76 bits per heavy atom. The molecule has 0 radical (unpaired) electrons. The maximum absolute atomic E-state index is 12.1. The molecule has 0 bridgehead atoms. The number of phenolic OH excluding ortho intramolecular Hbond substituents is 1. The molecule has 1 heterocycles. The minimum atomic E-state index is -0.542. The van der Waals surface area contributed by atoms with E-state index in [9.17, 15) is 15.0 Å². The first kappa shape index (κ1) is 13.4. The topological polar surface area (TPSA) is 70.7 Å². The highest BCUT2D eigenvalue weighted by Crippen LogP contribution is 2.25. The Morgan fingerprint density at radius 1 is 1.05 bits per heavy atom. The second kappa shape index (κ2) is 5.07. The number of phenols is 1. The molecule has 4 heteroatoms. The number of hydrogen-bond donors (Lipinski definition) is 2. The lowest BCUT2D eigenvalue weighted by Gasteiger charge is -2.07. The summed E-state index contributed by atoms with van der Waals surface area (Å²) >= 11 is 0. The molecule has 0 aliphatic carbocycles. The van der Waals surface area contributed by atoms with E-state index in [1.165, 1.54) is 24.3 Å². The summed E-state index contributed by atoms with van der Waals surface area (Å²) in [5.74, 6) is 0.475. The SMILES string of the molecule is CC(O)c1ccc(-c2cc(=O)c3ccc(O)cc3o2)cc1. The zero-order valence-corrected chi connectivity index (χ0v) is 11.4. The van der Waals surface area contributed by atoms with Gasteiger partial charge in [0.25, 0.3) is 0 Å². The Morgan fingerprint density at radius 3 is 2.43 bits per heavy atom. The zero-order valence-electron chi connectivity index (χ0n) is 11.4. The molecule has 0 amide bonds. The van der Waals surface area contributed by atoms with E-state index in [0.29, 0.717) is 16.7 Å². The molecular weight excluding hydrogens is 268 g/mol. The zero-order chi connectivity index (χ0) is 15.0. The Bertz CT molecular complexity index is 845. The molecule has 21 heavy (non-hydrogen) atoms. The van der Waals surface area contributed by atoms with Crippen molar-refractivity contribution < 1.29 is 14.6 Å². The van der Waals surface area contributed by atoms with Crippen molar-refractivity contribution >= 4 is 11.0 Å². The fraction of sp³-hybridized carbons (Fsp3) is 0.118. The fourth-order valence-corrected chi connectivity index (χ4v) is 2.21. The molecule has 106 valence electrons. The van der Waals surface area contributed by atoms with Crippen LogP contribution in [0.25, 0.3) is 22.3 Å². The lowest BCUT2D eigenvalue weighted by Crippen LogP contribution is -2.00. The molecule has 0 spiro atoms. The van der Waals surface area contributed by atoms with E-state index in [0.717, 1.165) is 11.1 Å². The molecule has 0 saturated heterocycles. The summed E-state index contributed by atoms with van der Waals surface area (Å²) in [4.78, 5) is 12.1. The van der Waals surface area contributed by atoms with E-state index in [-0.39, 0.29) is 11.2 Å². The van der Waals surface area contributed by atoms with Gasteiger partial charge in [0, 0.05) is 17.7 Å². The number of aliphatic hydroxyl groups is 1. The molecule has 1 aromatic heterocycles. The van der Waals surface area contributed by atoms with Crippen LogP contribution in [0.2, 0.25) is 0 Å². The van der Waals surface area contributed by atoms with Gasteiger partial charge in [-0.15, -0.1) is 0 Å². The van der Waals surface area contributed by atoms with E-state index in [2.05, 4.69) is 0 Å². The molecule has 1 unspecified atom stereocenters. The Kier molecular flexibility index (Phi) is 3.23. The minimum absolute atomic E-state index is 0.0484. The number of benzene rings is 2. The molecule has 0 aliphatic rings. The van der Waals surface area contributed by atoms with Crippen LogP contribution < -0.4 is 5.43 Å². The quantitative estimate of drug-likeness (QED) is 0.757. The Labute approximate surface area is 120 Å². The molecule has 3 aromatic rings. The third-order valence-corrected chi connectivity index (χ3v) is 3.39. The van der Waals surface area contributed by atoms with E-state index in [1.807, 2.05) is 0 Å². The highest BCUT2D eigenvalue weighted by atomic mass is 16.3. The third-order valence-electron chi connectivity index (χ3n) is 3.39. The second-order valence-electron chi connectivity index (χ2n) is 4.95. The van der Waals surface area contributed by atoms with Gasteiger partial charge >= 0.3 is 0 Å². The van der Waals surface area contributed by atoms with Gasteiger partial charge in [0.05, 0.1) is 11.5 Å². The van der Waals surface area contributed by atoms with E-state index < -0.39 is 6.10 Å². The van der Waals surface area contributed by atoms with Crippen LogP contribution in [0.1, 0.15) is 18.6 Å². The third kappa shape index (κ3) is 2.53. The minimum Gasteiger partial charge on any atom is -0.508 e. The average Bonchev–Trinajstić information content (AvgIpc) is 2.46.